The lowest BCUT2D eigenvalue weighted by Crippen LogP contribution is -2.28. The number of anilines is 1. The summed E-state index contributed by atoms with van der Waals surface area (Å²) in [7, 11) is 0. The van der Waals surface area contributed by atoms with Gasteiger partial charge in [-0.25, -0.2) is 19.3 Å². The zero-order chi connectivity index (χ0) is 19.2. The van der Waals surface area contributed by atoms with Crippen LogP contribution in [0.25, 0.3) is 16.7 Å². The van der Waals surface area contributed by atoms with E-state index in [4.69, 9.17) is 6.42 Å². The Labute approximate surface area is 150 Å². The van der Waals surface area contributed by atoms with Crippen molar-refractivity contribution >= 4 is 16.9 Å². The molecule has 0 atom stereocenters. The summed E-state index contributed by atoms with van der Waals surface area (Å²) in [6.07, 6.45) is 5.84. The Hall–Kier alpha value is -3.48. The average Bonchev–Trinajstić information content (AvgIpc) is 3.41. The van der Waals surface area contributed by atoms with Crippen molar-refractivity contribution in [1.82, 2.24) is 24.5 Å². The molecule has 0 saturated heterocycles. The number of nitrogens with one attached hydrogen (secondary N) is 1. The number of halogens is 3. The van der Waals surface area contributed by atoms with Gasteiger partial charge in [-0.15, -0.1) is 6.42 Å². The van der Waals surface area contributed by atoms with Gasteiger partial charge in [-0.1, -0.05) is 5.92 Å². The van der Waals surface area contributed by atoms with Crippen LogP contribution in [0.4, 0.5) is 19.0 Å². The fourth-order valence-corrected chi connectivity index (χ4v) is 2.61. The summed E-state index contributed by atoms with van der Waals surface area (Å²) < 4.78 is 40.3. The van der Waals surface area contributed by atoms with E-state index in [0.29, 0.717) is 12.8 Å². The second-order valence-electron chi connectivity index (χ2n) is 6.07. The van der Waals surface area contributed by atoms with Gasteiger partial charge in [-0.05, 0) is 25.0 Å². The highest BCUT2D eigenvalue weighted by atomic mass is 19.4. The Kier molecular flexibility index (Phi) is 3.62. The lowest BCUT2D eigenvalue weighted by Gasteiger charge is -2.16. The van der Waals surface area contributed by atoms with Crippen molar-refractivity contribution in [3.63, 3.8) is 0 Å². The SMILES string of the molecule is C#CC1(Nc2nc(=O)n(-c3cccnc3)c3nc(C(F)(F)F)ncc23)CC1. The lowest BCUT2D eigenvalue weighted by atomic mass is 10.2. The van der Waals surface area contributed by atoms with Crippen LogP contribution in [0, 0.1) is 12.3 Å². The fourth-order valence-electron chi connectivity index (χ4n) is 2.61. The van der Waals surface area contributed by atoms with Crippen LogP contribution >= 0.6 is 0 Å². The van der Waals surface area contributed by atoms with E-state index < -0.39 is 23.2 Å². The van der Waals surface area contributed by atoms with Crippen LogP contribution in [0.3, 0.4) is 0 Å². The van der Waals surface area contributed by atoms with Gasteiger partial charge in [-0.3, -0.25) is 4.98 Å². The second-order valence-corrected chi connectivity index (χ2v) is 6.07. The fraction of sp³-hybridized carbons (Fsp3) is 0.235. The van der Waals surface area contributed by atoms with Crippen molar-refractivity contribution in [3.05, 3.63) is 47.0 Å². The van der Waals surface area contributed by atoms with Crippen molar-refractivity contribution in [1.29, 1.82) is 0 Å². The Morgan fingerprint density at radius 1 is 1.26 bits per heavy atom. The van der Waals surface area contributed by atoms with Crippen molar-refractivity contribution < 1.29 is 13.2 Å². The summed E-state index contributed by atoms with van der Waals surface area (Å²) in [6, 6.07) is 3.06. The molecule has 1 saturated carbocycles. The van der Waals surface area contributed by atoms with E-state index in [-0.39, 0.29) is 22.5 Å². The number of aromatic nitrogens is 5. The minimum atomic E-state index is -4.77. The van der Waals surface area contributed by atoms with E-state index in [1.807, 2.05) is 0 Å². The monoisotopic (exact) mass is 372 g/mol. The summed E-state index contributed by atoms with van der Waals surface area (Å²) in [4.78, 5) is 27.4. The molecule has 7 nitrogen and oxygen atoms in total. The first-order valence-corrected chi connectivity index (χ1v) is 7.86. The molecule has 0 spiro atoms. The van der Waals surface area contributed by atoms with E-state index in [0.717, 1.165) is 10.8 Å². The van der Waals surface area contributed by atoms with Crippen molar-refractivity contribution in [2.75, 3.05) is 5.32 Å². The molecule has 0 amide bonds. The molecule has 0 bridgehead atoms. The Morgan fingerprint density at radius 3 is 2.63 bits per heavy atom. The Balaban J connectivity index is 2.01. The number of rotatable bonds is 3. The van der Waals surface area contributed by atoms with Crippen LogP contribution in [0.15, 0.2) is 35.5 Å². The van der Waals surface area contributed by atoms with Gasteiger partial charge in [-0.2, -0.15) is 18.2 Å². The molecule has 3 heterocycles. The minimum absolute atomic E-state index is 0.0549. The van der Waals surface area contributed by atoms with Crippen molar-refractivity contribution in [2.24, 2.45) is 0 Å². The van der Waals surface area contributed by atoms with Gasteiger partial charge in [0.1, 0.15) is 5.82 Å². The van der Waals surface area contributed by atoms with E-state index in [1.54, 1.807) is 6.07 Å². The number of nitrogens with zero attached hydrogens (tertiary/aromatic N) is 5. The highest BCUT2D eigenvalue weighted by molar-refractivity contribution is 5.87. The third-order valence-electron chi connectivity index (χ3n) is 4.18. The third-order valence-corrected chi connectivity index (χ3v) is 4.18. The van der Waals surface area contributed by atoms with Crippen LogP contribution in [0.2, 0.25) is 0 Å². The zero-order valence-corrected chi connectivity index (χ0v) is 13.7. The van der Waals surface area contributed by atoms with Crippen molar-refractivity contribution in [2.45, 2.75) is 24.6 Å². The van der Waals surface area contributed by atoms with Crippen LogP contribution < -0.4 is 11.0 Å². The average molecular weight is 372 g/mol. The first-order chi connectivity index (χ1) is 12.8. The first-order valence-electron chi connectivity index (χ1n) is 7.86. The van der Waals surface area contributed by atoms with Crippen LogP contribution in [0.1, 0.15) is 18.7 Å². The number of terminal acetylenes is 1. The van der Waals surface area contributed by atoms with Crippen LogP contribution in [0.5, 0.6) is 0 Å². The van der Waals surface area contributed by atoms with Gasteiger partial charge in [0.2, 0.25) is 5.82 Å². The third kappa shape index (κ3) is 2.97. The highest BCUT2D eigenvalue weighted by Crippen LogP contribution is 2.39. The van der Waals surface area contributed by atoms with E-state index in [1.165, 1.54) is 18.5 Å². The van der Waals surface area contributed by atoms with Gasteiger partial charge in [0.05, 0.1) is 22.8 Å². The maximum Gasteiger partial charge on any atom is 0.451 e. The van der Waals surface area contributed by atoms with Crippen LogP contribution in [-0.2, 0) is 6.18 Å². The number of alkyl halides is 3. The Morgan fingerprint density at radius 2 is 2.04 bits per heavy atom. The van der Waals surface area contributed by atoms with E-state index >= 15 is 0 Å². The molecule has 0 aliphatic heterocycles. The standard InChI is InChI=1S/C17H11F3N6O/c1-2-16(5-6-16)25-12-11-9-22-14(17(18,19)20)24-13(11)26(15(27)23-12)10-4-3-7-21-8-10/h1,3-4,7-9H,5-6H2,(H,23,25,27). The predicted molar refractivity (Wildman–Crippen MR) is 90.1 cm³/mol. The quantitative estimate of drug-likeness (QED) is 0.710. The molecule has 0 unspecified atom stereocenters. The number of hydrogen-bond donors (Lipinski definition) is 1. The molecule has 1 aliphatic rings. The number of fused-ring (bicyclic) bond motifs is 1. The van der Waals surface area contributed by atoms with Crippen molar-refractivity contribution in [3.8, 4) is 18.0 Å². The lowest BCUT2D eigenvalue weighted by molar-refractivity contribution is -0.144. The highest BCUT2D eigenvalue weighted by Gasteiger charge is 2.42. The molecule has 10 heteroatoms. The Bertz CT molecular complexity index is 1130. The van der Waals surface area contributed by atoms with Gasteiger partial charge in [0.25, 0.3) is 0 Å². The summed E-state index contributed by atoms with van der Waals surface area (Å²) in [5.74, 6) is 1.27. The summed E-state index contributed by atoms with van der Waals surface area (Å²) >= 11 is 0. The normalized spacial score (nSPS) is 15.3. The largest absolute Gasteiger partial charge is 0.451 e. The first kappa shape index (κ1) is 17.0. The van der Waals surface area contributed by atoms with Gasteiger partial charge >= 0.3 is 11.9 Å². The molecule has 3 aromatic rings. The predicted octanol–water partition coefficient (Wildman–Crippen LogP) is 2.17. The maximum absolute atomic E-state index is 13.1. The topological polar surface area (TPSA) is 85.6 Å². The van der Waals surface area contributed by atoms with E-state index in [2.05, 4.69) is 31.2 Å². The molecule has 1 aliphatic carbocycles. The number of pyridine rings is 1. The van der Waals surface area contributed by atoms with Gasteiger partial charge in [0, 0.05) is 12.4 Å². The molecule has 0 radical (unpaired) electrons. The molecule has 4 rings (SSSR count). The molecular weight excluding hydrogens is 361 g/mol. The van der Waals surface area contributed by atoms with Gasteiger partial charge < -0.3 is 5.32 Å². The molecule has 1 N–H and O–H groups in total. The maximum atomic E-state index is 13.1. The molecule has 3 aromatic heterocycles. The van der Waals surface area contributed by atoms with Gasteiger partial charge in [0.15, 0.2) is 5.65 Å². The zero-order valence-electron chi connectivity index (χ0n) is 13.7. The van der Waals surface area contributed by atoms with E-state index in [9.17, 15) is 18.0 Å². The summed E-state index contributed by atoms with van der Waals surface area (Å²) in [5, 5.41) is 3.11. The minimum Gasteiger partial charge on any atom is -0.353 e. The molecule has 0 aromatic carbocycles. The smallest absolute Gasteiger partial charge is 0.353 e. The molecule has 136 valence electrons. The summed E-state index contributed by atoms with van der Waals surface area (Å²) in [6.45, 7) is 0. The summed E-state index contributed by atoms with van der Waals surface area (Å²) in [5.41, 5.74) is -1.47. The molecule has 27 heavy (non-hydrogen) atoms. The van der Waals surface area contributed by atoms with Crippen LogP contribution in [-0.4, -0.2) is 30.0 Å². The second kappa shape index (κ2) is 5.77. The molecular formula is C17H11F3N6O. The molecule has 1 fully saturated rings. The number of hydrogen-bond acceptors (Lipinski definition) is 6.